The summed E-state index contributed by atoms with van der Waals surface area (Å²) in [5.74, 6) is -1.25. The maximum atomic E-state index is 13.1. The number of carbonyl (C=O) groups excluding carboxylic acids is 1. The average Bonchev–Trinajstić information content (AvgIpc) is 2.13. The molecule has 0 spiro atoms. The van der Waals surface area contributed by atoms with Gasteiger partial charge in [-0.1, -0.05) is 11.6 Å². The molecule has 0 radical (unpaired) electrons. The Bertz CT molecular complexity index is 381. The highest BCUT2D eigenvalue weighted by molar-refractivity contribution is 9.10. The van der Waals surface area contributed by atoms with Crippen LogP contribution in [0.2, 0.25) is 5.02 Å². The van der Waals surface area contributed by atoms with Gasteiger partial charge in [0.1, 0.15) is 0 Å². The summed E-state index contributed by atoms with van der Waals surface area (Å²) in [6.45, 7) is 0. The molecule has 0 bridgehead atoms. The van der Waals surface area contributed by atoms with Crippen molar-refractivity contribution in [2.75, 3.05) is 0 Å². The Morgan fingerprint density at radius 2 is 2.23 bits per heavy atom. The zero-order valence-corrected chi connectivity index (χ0v) is 8.62. The van der Waals surface area contributed by atoms with Crippen LogP contribution in [0, 0.1) is 11.2 Å². The lowest BCUT2D eigenvalue weighted by molar-refractivity contribution is 0.106. The fourth-order valence-corrected chi connectivity index (χ4v) is 1.61. The lowest BCUT2D eigenvalue weighted by Crippen LogP contribution is -2.01. The minimum absolute atomic E-state index is 0.00602. The standard InChI is InChI=1S/C8H4BrClFNO/c9-7-4(6(13)3-12)1-2-5(10)8(7)11/h1-3,12H. The van der Waals surface area contributed by atoms with E-state index in [1.54, 1.807) is 0 Å². The number of hydrogen-bond acceptors (Lipinski definition) is 2. The van der Waals surface area contributed by atoms with Crippen LogP contribution < -0.4 is 0 Å². The molecule has 1 aromatic carbocycles. The maximum Gasteiger partial charge on any atom is 0.204 e. The molecule has 0 aromatic heterocycles. The van der Waals surface area contributed by atoms with Gasteiger partial charge in [0.15, 0.2) is 5.82 Å². The maximum absolute atomic E-state index is 13.1. The molecule has 1 N–H and O–H groups in total. The van der Waals surface area contributed by atoms with E-state index in [-0.39, 0.29) is 15.1 Å². The molecule has 0 heterocycles. The minimum Gasteiger partial charge on any atom is -0.305 e. The number of benzene rings is 1. The second kappa shape index (κ2) is 3.98. The van der Waals surface area contributed by atoms with Crippen molar-refractivity contribution in [1.29, 1.82) is 5.41 Å². The van der Waals surface area contributed by atoms with Crippen LogP contribution in [-0.4, -0.2) is 12.0 Å². The van der Waals surface area contributed by atoms with E-state index in [1.807, 2.05) is 0 Å². The van der Waals surface area contributed by atoms with Crippen LogP contribution in [0.1, 0.15) is 10.4 Å². The molecular weight excluding hydrogens is 260 g/mol. The van der Waals surface area contributed by atoms with Crippen LogP contribution in [0.4, 0.5) is 4.39 Å². The Morgan fingerprint density at radius 3 is 2.77 bits per heavy atom. The Balaban J connectivity index is 3.33. The summed E-state index contributed by atoms with van der Waals surface area (Å²) in [4.78, 5) is 11.0. The van der Waals surface area contributed by atoms with Crippen LogP contribution in [0.25, 0.3) is 0 Å². The zero-order chi connectivity index (χ0) is 10.0. The van der Waals surface area contributed by atoms with Gasteiger partial charge < -0.3 is 5.41 Å². The molecule has 68 valence electrons. The number of Topliss-reactive ketones (excluding diaryl/α,β-unsaturated/α-hetero) is 1. The number of carbonyl (C=O) groups is 1. The van der Waals surface area contributed by atoms with Crippen molar-refractivity contribution < 1.29 is 9.18 Å². The Labute approximate surface area is 87.3 Å². The number of rotatable bonds is 2. The number of nitrogens with one attached hydrogen (secondary N) is 1. The normalized spacial score (nSPS) is 9.77. The molecule has 0 fully saturated rings. The SMILES string of the molecule is N=CC(=O)c1ccc(Cl)c(F)c1Br. The molecule has 0 unspecified atom stereocenters. The van der Waals surface area contributed by atoms with Crippen molar-refractivity contribution in [2.24, 2.45) is 0 Å². The molecule has 13 heavy (non-hydrogen) atoms. The van der Waals surface area contributed by atoms with Gasteiger partial charge in [0.05, 0.1) is 15.7 Å². The number of halogens is 3. The molecule has 0 saturated carbocycles. The summed E-state index contributed by atoms with van der Waals surface area (Å²) in [6, 6.07) is 2.64. The van der Waals surface area contributed by atoms with E-state index in [0.29, 0.717) is 6.21 Å². The first-order valence-electron chi connectivity index (χ1n) is 3.26. The quantitative estimate of drug-likeness (QED) is 0.498. The molecule has 0 aliphatic carbocycles. The molecule has 2 nitrogen and oxygen atoms in total. The number of hydrogen-bond donors (Lipinski definition) is 1. The monoisotopic (exact) mass is 263 g/mol. The molecular formula is C8H4BrClFNO. The highest BCUT2D eigenvalue weighted by Crippen LogP contribution is 2.26. The van der Waals surface area contributed by atoms with Crippen molar-refractivity contribution in [3.8, 4) is 0 Å². The third-order valence-corrected chi connectivity index (χ3v) is 2.50. The fourth-order valence-electron chi connectivity index (χ4n) is 0.794. The lowest BCUT2D eigenvalue weighted by Gasteiger charge is -2.01. The van der Waals surface area contributed by atoms with Gasteiger partial charge in [-0.15, -0.1) is 0 Å². The molecule has 0 saturated heterocycles. The van der Waals surface area contributed by atoms with E-state index in [4.69, 9.17) is 17.0 Å². The molecule has 0 aliphatic heterocycles. The summed E-state index contributed by atoms with van der Waals surface area (Å²) in [6.07, 6.45) is 0.618. The highest BCUT2D eigenvalue weighted by Gasteiger charge is 2.13. The second-order valence-electron chi connectivity index (χ2n) is 2.23. The summed E-state index contributed by atoms with van der Waals surface area (Å²) < 4.78 is 13.1. The van der Waals surface area contributed by atoms with Gasteiger partial charge in [0.25, 0.3) is 0 Å². The van der Waals surface area contributed by atoms with Gasteiger partial charge >= 0.3 is 0 Å². The predicted octanol–water partition coefficient (Wildman–Crippen LogP) is 3.07. The van der Waals surface area contributed by atoms with Crippen molar-refractivity contribution >= 4 is 39.5 Å². The van der Waals surface area contributed by atoms with Crippen molar-refractivity contribution in [3.63, 3.8) is 0 Å². The summed E-state index contributed by atoms with van der Waals surface area (Å²) in [5, 5.41) is 6.65. The predicted molar refractivity (Wildman–Crippen MR) is 52.2 cm³/mol. The van der Waals surface area contributed by atoms with Crippen LogP contribution in [0.15, 0.2) is 16.6 Å². The van der Waals surface area contributed by atoms with Crippen LogP contribution in [-0.2, 0) is 0 Å². The topological polar surface area (TPSA) is 40.9 Å². The minimum atomic E-state index is -0.686. The Kier molecular flexibility index (Phi) is 3.17. The Morgan fingerprint density at radius 1 is 1.62 bits per heavy atom. The van der Waals surface area contributed by atoms with Gasteiger partial charge in [0, 0.05) is 5.56 Å². The van der Waals surface area contributed by atoms with Crippen LogP contribution in [0.3, 0.4) is 0 Å². The highest BCUT2D eigenvalue weighted by atomic mass is 79.9. The zero-order valence-electron chi connectivity index (χ0n) is 6.27. The van der Waals surface area contributed by atoms with E-state index in [2.05, 4.69) is 15.9 Å². The van der Waals surface area contributed by atoms with E-state index in [9.17, 15) is 9.18 Å². The second-order valence-corrected chi connectivity index (χ2v) is 3.43. The Hall–Kier alpha value is -0.740. The summed E-state index contributed by atoms with van der Waals surface area (Å²) in [7, 11) is 0. The van der Waals surface area contributed by atoms with E-state index in [1.165, 1.54) is 12.1 Å². The van der Waals surface area contributed by atoms with Gasteiger partial charge in [-0.25, -0.2) is 4.39 Å². The lowest BCUT2D eigenvalue weighted by atomic mass is 10.1. The number of ketones is 1. The third kappa shape index (κ3) is 1.95. The average molecular weight is 264 g/mol. The molecule has 1 aromatic rings. The van der Waals surface area contributed by atoms with Crippen LogP contribution in [0.5, 0.6) is 0 Å². The van der Waals surface area contributed by atoms with Gasteiger partial charge in [-0.05, 0) is 28.1 Å². The summed E-state index contributed by atoms with van der Waals surface area (Å²) >= 11 is 8.35. The first-order chi connectivity index (χ1) is 6.07. The summed E-state index contributed by atoms with van der Waals surface area (Å²) in [5.41, 5.74) is 0.0944. The first kappa shape index (κ1) is 10.3. The molecule has 0 amide bonds. The molecule has 0 aliphatic rings. The molecule has 1 rings (SSSR count). The smallest absolute Gasteiger partial charge is 0.204 e. The van der Waals surface area contributed by atoms with Crippen LogP contribution >= 0.6 is 27.5 Å². The fraction of sp³-hybridized carbons (Fsp3) is 0. The van der Waals surface area contributed by atoms with Crippen molar-refractivity contribution in [2.45, 2.75) is 0 Å². The first-order valence-corrected chi connectivity index (χ1v) is 4.43. The van der Waals surface area contributed by atoms with Gasteiger partial charge in [-0.3, -0.25) is 4.79 Å². The van der Waals surface area contributed by atoms with Crippen molar-refractivity contribution in [3.05, 3.63) is 33.0 Å². The van der Waals surface area contributed by atoms with E-state index in [0.717, 1.165) is 0 Å². The molecule has 5 heteroatoms. The largest absolute Gasteiger partial charge is 0.305 e. The van der Waals surface area contributed by atoms with Crippen molar-refractivity contribution in [1.82, 2.24) is 0 Å². The van der Waals surface area contributed by atoms with E-state index < -0.39 is 11.6 Å². The third-order valence-electron chi connectivity index (χ3n) is 1.43. The van der Waals surface area contributed by atoms with Gasteiger partial charge in [-0.2, -0.15) is 0 Å². The van der Waals surface area contributed by atoms with Gasteiger partial charge in [0.2, 0.25) is 5.78 Å². The van der Waals surface area contributed by atoms with E-state index >= 15 is 0 Å². The molecule has 0 atom stereocenters.